The van der Waals surface area contributed by atoms with E-state index in [2.05, 4.69) is 54.1 Å². The number of imidazole rings is 1. The van der Waals surface area contributed by atoms with E-state index in [0.29, 0.717) is 24.3 Å². The second kappa shape index (κ2) is 10.5. The molecule has 206 valence electrons. The Balaban J connectivity index is 1.19. The summed E-state index contributed by atoms with van der Waals surface area (Å²) in [5.74, 6) is 2.20. The Bertz CT molecular complexity index is 1640. The van der Waals surface area contributed by atoms with Crippen molar-refractivity contribution in [3.05, 3.63) is 60.2 Å². The third-order valence-corrected chi connectivity index (χ3v) is 8.55. The van der Waals surface area contributed by atoms with E-state index >= 15 is 0 Å². The highest BCUT2D eigenvalue weighted by molar-refractivity contribution is 5.99. The molecular formula is C30H35N9O. The summed E-state index contributed by atoms with van der Waals surface area (Å²) in [6.45, 7) is 4.46. The first-order valence-corrected chi connectivity index (χ1v) is 14.2. The van der Waals surface area contributed by atoms with Crippen LogP contribution in [-0.2, 0) is 6.42 Å². The molecule has 5 aromatic rings. The Morgan fingerprint density at radius 2 is 1.80 bits per heavy atom. The van der Waals surface area contributed by atoms with Gasteiger partial charge in [0, 0.05) is 49.8 Å². The van der Waals surface area contributed by atoms with Gasteiger partial charge in [0.15, 0.2) is 5.65 Å². The smallest absolute Gasteiger partial charge is 0.164 e. The quantitative estimate of drug-likeness (QED) is 0.298. The number of aromatic nitrogens is 6. The number of nitrogens with zero attached hydrogens (tertiary/aromatic N) is 6. The number of nitrogen functional groups attached to an aromatic ring is 1. The maximum Gasteiger partial charge on any atom is 0.164 e. The second-order valence-corrected chi connectivity index (χ2v) is 10.9. The lowest BCUT2D eigenvalue weighted by Gasteiger charge is -2.39. The molecule has 1 saturated heterocycles. The first-order chi connectivity index (χ1) is 19.7. The minimum absolute atomic E-state index is 0.297. The zero-order valence-corrected chi connectivity index (χ0v) is 22.8. The van der Waals surface area contributed by atoms with Crippen LogP contribution in [0.3, 0.4) is 0 Å². The van der Waals surface area contributed by atoms with Gasteiger partial charge >= 0.3 is 0 Å². The molecule has 0 spiro atoms. The topological polar surface area (TPSA) is 123 Å². The zero-order chi connectivity index (χ0) is 27.1. The number of benzene rings is 2. The van der Waals surface area contributed by atoms with Crippen molar-refractivity contribution in [3.8, 4) is 17.0 Å². The predicted octanol–water partition coefficient (Wildman–Crippen LogP) is 3.94. The predicted molar refractivity (Wildman–Crippen MR) is 156 cm³/mol. The van der Waals surface area contributed by atoms with Crippen LogP contribution in [0.15, 0.2) is 48.8 Å². The molecule has 0 radical (unpaired) electrons. The van der Waals surface area contributed by atoms with Gasteiger partial charge in [-0.1, -0.05) is 24.3 Å². The van der Waals surface area contributed by atoms with Crippen molar-refractivity contribution in [3.63, 3.8) is 0 Å². The van der Waals surface area contributed by atoms with E-state index < -0.39 is 0 Å². The number of fused-ring (bicyclic) bond motifs is 2. The Labute approximate surface area is 233 Å². The molecule has 1 saturated carbocycles. The standard InChI is InChI=1S/C30H35N9O/c1-40-25-5-3-2-4-19(25)17-26-35-23-11-6-20(16-24(23)36-26)28-27-29(31)33-18-34-30(27)39(37-28)22-9-7-21(8-10-22)38-14-12-32-13-15-38/h2-6,11,16,18,21-22,32H,7-10,12-15,17H2,1H3,(H,35,36)(H2,31,33,34). The fourth-order valence-electron chi connectivity index (χ4n) is 6.49. The van der Waals surface area contributed by atoms with Crippen LogP contribution in [0.2, 0.25) is 0 Å². The van der Waals surface area contributed by atoms with Crippen LogP contribution < -0.4 is 15.8 Å². The number of piperazine rings is 1. The average Bonchev–Trinajstić information content (AvgIpc) is 3.59. The maximum absolute atomic E-state index is 6.44. The number of para-hydroxylation sites is 1. The minimum Gasteiger partial charge on any atom is -0.496 e. The fourth-order valence-corrected chi connectivity index (χ4v) is 6.49. The number of methoxy groups -OCH3 is 1. The number of H-pyrrole nitrogens is 1. The van der Waals surface area contributed by atoms with Crippen molar-refractivity contribution in [2.45, 2.75) is 44.2 Å². The van der Waals surface area contributed by atoms with Crippen molar-refractivity contribution < 1.29 is 4.74 Å². The highest BCUT2D eigenvalue weighted by Gasteiger charge is 2.30. The third-order valence-electron chi connectivity index (χ3n) is 8.55. The monoisotopic (exact) mass is 537 g/mol. The number of anilines is 1. The summed E-state index contributed by atoms with van der Waals surface area (Å²) in [4.78, 5) is 20.0. The van der Waals surface area contributed by atoms with Crippen LogP contribution >= 0.6 is 0 Å². The number of hydrogen-bond donors (Lipinski definition) is 3. The lowest BCUT2D eigenvalue weighted by atomic mass is 9.90. The Kier molecular flexibility index (Phi) is 6.57. The Hall–Kier alpha value is -4.02. The molecule has 40 heavy (non-hydrogen) atoms. The minimum atomic E-state index is 0.297. The van der Waals surface area contributed by atoms with Crippen molar-refractivity contribution in [1.82, 2.24) is 39.9 Å². The van der Waals surface area contributed by atoms with Gasteiger partial charge < -0.3 is 20.8 Å². The molecule has 10 nitrogen and oxygen atoms in total. The van der Waals surface area contributed by atoms with E-state index in [1.807, 2.05) is 18.2 Å². The Morgan fingerprint density at radius 3 is 2.62 bits per heavy atom. The van der Waals surface area contributed by atoms with Crippen LogP contribution in [0.1, 0.15) is 43.1 Å². The van der Waals surface area contributed by atoms with E-state index in [1.54, 1.807) is 13.4 Å². The molecule has 0 bridgehead atoms. The molecule has 10 heteroatoms. The van der Waals surface area contributed by atoms with E-state index in [4.69, 9.17) is 20.6 Å². The molecule has 7 rings (SSSR count). The van der Waals surface area contributed by atoms with Crippen molar-refractivity contribution in [2.75, 3.05) is 39.0 Å². The largest absolute Gasteiger partial charge is 0.496 e. The summed E-state index contributed by atoms with van der Waals surface area (Å²) in [5, 5.41) is 9.42. The summed E-state index contributed by atoms with van der Waals surface area (Å²) in [6, 6.07) is 15.2. The summed E-state index contributed by atoms with van der Waals surface area (Å²) < 4.78 is 7.64. The SMILES string of the molecule is COc1ccccc1Cc1nc2cc(-c3nn(C4CCC(N5CCNCC5)CC4)c4ncnc(N)c34)ccc2[nH]1. The lowest BCUT2D eigenvalue weighted by Crippen LogP contribution is -2.49. The molecule has 2 aliphatic rings. The van der Waals surface area contributed by atoms with E-state index in [9.17, 15) is 0 Å². The number of nitrogens with two attached hydrogens (primary N) is 1. The first-order valence-electron chi connectivity index (χ1n) is 14.2. The molecule has 0 amide bonds. The van der Waals surface area contributed by atoms with Gasteiger partial charge in [-0.3, -0.25) is 4.90 Å². The number of hydrogen-bond acceptors (Lipinski definition) is 8. The normalized spacial score (nSPS) is 20.3. The summed E-state index contributed by atoms with van der Waals surface area (Å²) >= 11 is 0. The van der Waals surface area contributed by atoms with Crippen molar-refractivity contribution in [1.29, 1.82) is 0 Å². The van der Waals surface area contributed by atoms with Gasteiger partial charge in [0.2, 0.25) is 0 Å². The van der Waals surface area contributed by atoms with E-state index in [0.717, 1.165) is 89.5 Å². The highest BCUT2D eigenvalue weighted by atomic mass is 16.5. The molecule has 0 atom stereocenters. The van der Waals surface area contributed by atoms with E-state index in [-0.39, 0.29) is 0 Å². The molecule has 1 aliphatic heterocycles. The van der Waals surface area contributed by atoms with Gasteiger partial charge in [-0.2, -0.15) is 5.10 Å². The average molecular weight is 538 g/mol. The fraction of sp³-hybridized carbons (Fsp3) is 0.400. The van der Waals surface area contributed by atoms with Crippen LogP contribution in [0.25, 0.3) is 33.3 Å². The molecule has 0 unspecified atom stereocenters. The molecule has 1 aliphatic carbocycles. The van der Waals surface area contributed by atoms with Gasteiger partial charge in [-0.25, -0.2) is 19.6 Å². The van der Waals surface area contributed by atoms with Crippen LogP contribution in [-0.4, -0.2) is 73.9 Å². The van der Waals surface area contributed by atoms with Crippen molar-refractivity contribution >= 4 is 27.9 Å². The molecule has 4 N–H and O–H groups in total. The summed E-state index contributed by atoms with van der Waals surface area (Å²) in [6.07, 6.45) is 6.72. The molecule has 2 fully saturated rings. The molecule has 2 aromatic carbocycles. The summed E-state index contributed by atoms with van der Waals surface area (Å²) in [7, 11) is 1.70. The third kappa shape index (κ3) is 4.56. The van der Waals surface area contributed by atoms with Gasteiger partial charge in [-0.15, -0.1) is 0 Å². The first kappa shape index (κ1) is 25.0. The van der Waals surface area contributed by atoms with Crippen LogP contribution in [0, 0.1) is 0 Å². The number of rotatable bonds is 6. The number of ether oxygens (including phenoxy) is 1. The van der Waals surface area contributed by atoms with Crippen LogP contribution in [0.5, 0.6) is 5.75 Å². The maximum atomic E-state index is 6.44. The molecule has 3 aromatic heterocycles. The van der Waals surface area contributed by atoms with Crippen LogP contribution in [0.4, 0.5) is 5.82 Å². The molecular weight excluding hydrogens is 502 g/mol. The summed E-state index contributed by atoms with van der Waals surface area (Å²) in [5.41, 5.74) is 12.0. The molecule has 4 heterocycles. The van der Waals surface area contributed by atoms with Gasteiger partial charge in [0.25, 0.3) is 0 Å². The lowest BCUT2D eigenvalue weighted by molar-refractivity contribution is 0.121. The van der Waals surface area contributed by atoms with Gasteiger partial charge in [0.1, 0.15) is 29.4 Å². The number of nitrogens with one attached hydrogen (secondary N) is 2. The Morgan fingerprint density at radius 1 is 1.00 bits per heavy atom. The second-order valence-electron chi connectivity index (χ2n) is 10.9. The highest BCUT2D eigenvalue weighted by Crippen LogP contribution is 2.37. The van der Waals surface area contributed by atoms with Gasteiger partial charge in [0.05, 0.1) is 29.6 Å². The van der Waals surface area contributed by atoms with Gasteiger partial charge in [-0.05, 0) is 43.9 Å². The van der Waals surface area contributed by atoms with Crippen molar-refractivity contribution in [2.24, 2.45) is 0 Å². The van der Waals surface area contributed by atoms with E-state index in [1.165, 1.54) is 12.8 Å². The zero-order valence-electron chi connectivity index (χ0n) is 22.8. The number of aromatic amines is 1.